The van der Waals surface area contributed by atoms with E-state index in [2.05, 4.69) is 53.6 Å². The van der Waals surface area contributed by atoms with Crippen LogP contribution in [0.15, 0.2) is 28.8 Å². The second-order valence-electron chi connectivity index (χ2n) is 4.49. The molecular formula is C14H19N3O. The van der Waals surface area contributed by atoms with E-state index in [9.17, 15) is 0 Å². The summed E-state index contributed by atoms with van der Waals surface area (Å²) in [5.41, 5.74) is 2.46. The van der Waals surface area contributed by atoms with Gasteiger partial charge in [-0.25, -0.2) is 0 Å². The highest BCUT2D eigenvalue weighted by Gasteiger charge is 2.13. The number of nitrogens with one attached hydrogen (secondary N) is 1. The van der Waals surface area contributed by atoms with Crippen molar-refractivity contribution in [1.82, 2.24) is 15.5 Å². The third-order valence-electron chi connectivity index (χ3n) is 2.85. The predicted molar refractivity (Wildman–Crippen MR) is 70.4 cm³/mol. The normalized spacial score (nSPS) is 12.6. The summed E-state index contributed by atoms with van der Waals surface area (Å²) in [6.45, 7) is 7.04. The molecule has 1 N–H and O–H groups in total. The third kappa shape index (κ3) is 3.17. The van der Waals surface area contributed by atoms with E-state index in [1.54, 1.807) is 0 Å². The molecule has 2 rings (SSSR count). The van der Waals surface area contributed by atoms with Gasteiger partial charge in [0.2, 0.25) is 5.89 Å². The Bertz CT molecular complexity index is 490. The van der Waals surface area contributed by atoms with E-state index < -0.39 is 0 Å². The molecule has 2 aromatic rings. The van der Waals surface area contributed by atoms with Crippen molar-refractivity contribution in [1.29, 1.82) is 0 Å². The maximum atomic E-state index is 5.25. The Labute approximate surface area is 107 Å². The molecule has 0 radical (unpaired) electrons. The largest absolute Gasteiger partial charge is 0.338 e. The highest BCUT2D eigenvalue weighted by Crippen LogP contribution is 2.12. The highest BCUT2D eigenvalue weighted by atomic mass is 16.5. The van der Waals surface area contributed by atoms with E-state index in [-0.39, 0.29) is 6.04 Å². The van der Waals surface area contributed by atoms with Gasteiger partial charge in [0.25, 0.3) is 0 Å². The number of hydrogen-bond donors (Lipinski definition) is 1. The fourth-order valence-electron chi connectivity index (χ4n) is 1.80. The molecule has 0 spiro atoms. The van der Waals surface area contributed by atoms with Crippen LogP contribution in [-0.2, 0) is 6.42 Å². The van der Waals surface area contributed by atoms with Crippen LogP contribution in [0.25, 0.3) is 0 Å². The van der Waals surface area contributed by atoms with Crippen LogP contribution in [0, 0.1) is 6.92 Å². The minimum Gasteiger partial charge on any atom is -0.338 e. The second-order valence-corrected chi connectivity index (χ2v) is 4.49. The van der Waals surface area contributed by atoms with E-state index in [0.717, 1.165) is 12.4 Å². The Morgan fingerprint density at radius 3 is 2.67 bits per heavy atom. The number of hydrogen-bond acceptors (Lipinski definition) is 4. The van der Waals surface area contributed by atoms with Gasteiger partial charge in [-0.1, -0.05) is 41.9 Å². The minimum absolute atomic E-state index is 0.106. The maximum Gasteiger partial charge on any atom is 0.243 e. The van der Waals surface area contributed by atoms with E-state index in [4.69, 9.17) is 4.52 Å². The molecule has 0 amide bonds. The molecule has 0 saturated carbocycles. The average molecular weight is 245 g/mol. The Hall–Kier alpha value is -1.68. The van der Waals surface area contributed by atoms with Crippen LogP contribution < -0.4 is 5.32 Å². The molecule has 0 aliphatic heterocycles. The lowest BCUT2D eigenvalue weighted by atomic mass is 10.1. The molecular weight excluding hydrogens is 226 g/mol. The Morgan fingerprint density at radius 2 is 2.00 bits per heavy atom. The number of benzene rings is 1. The van der Waals surface area contributed by atoms with Gasteiger partial charge in [0.1, 0.15) is 0 Å². The first-order valence-corrected chi connectivity index (χ1v) is 6.30. The summed E-state index contributed by atoms with van der Waals surface area (Å²) in [7, 11) is 0. The summed E-state index contributed by atoms with van der Waals surface area (Å²) in [5.74, 6) is 1.39. The quantitative estimate of drug-likeness (QED) is 0.879. The molecule has 0 fully saturated rings. The summed E-state index contributed by atoms with van der Waals surface area (Å²) in [6.07, 6.45) is 0.711. The zero-order valence-electron chi connectivity index (χ0n) is 11.1. The summed E-state index contributed by atoms with van der Waals surface area (Å²) < 4.78 is 5.25. The molecule has 4 nitrogen and oxygen atoms in total. The molecule has 0 saturated heterocycles. The van der Waals surface area contributed by atoms with E-state index in [0.29, 0.717) is 12.3 Å². The number of nitrogens with zero attached hydrogens (tertiary/aromatic N) is 2. The first-order valence-electron chi connectivity index (χ1n) is 6.30. The van der Waals surface area contributed by atoms with Crippen molar-refractivity contribution in [3.8, 4) is 0 Å². The first-order chi connectivity index (χ1) is 8.69. The molecule has 96 valence electrons. The fraction of sp³-hybridized carbons (Fsp3) is 0.429. The van der Waals surface area contributed by atoms with Crippen LogP contribution in [0.3, 0.4) is 0 Å². The van der Waals surface area contributed by atoms with Crippen LogP contribution in [0.4, 0.5) is 0 Å². The van der Waals surface area contributed by atoms with Crippen molar-refractivity contribution in [2.24, 2.45) is 0 Å². The molecule has 1 atom stereocenters. The topological polar surface area (TPSA) is 51.0 Å². The van der Waals surface area contributed by atoms with Gasteiger partial charge in [-0.3, -0.25) is 0 Å². The van der Waals surface area contributed by atoms with Crippen molar-refractivity contribution in [2.75, 3.05) is 6.54 Å². The third-order valence-corrected chi connectivity index (χ3v) is 2.85. The summed E-state index contributed by atoms with van der Waals surface area (Å²) >= 11 is 0. The van der Waals surface area contributed by atoms with Gasteiger partial charge in [0.05, 0.1) is 6.04 Å². The smallest absolute Gasteiger partial charge is 0.243 e. The summed E-state index contributed by atoms with van der Waals surface area (Å²) in [6, 6.07) is 8.49. The molecule has 1 aromatic heterocycles. The van der Waals surface area contributed by atoms with Crippen molar-refractivity contribution in [3.05, 3.63) is 47.1 Å². The van der Waals surface area contributed by atoms with Gasteiger partial charge in [-0.05, 0) is 26.0 Å². The number of aromatic nitrogens is 2. The highest BCUT2D eigenvalue weighted by molar-refractivity contribution is 5.23. The first kappa shape index (κ1) is 12.8. The zero-order valence-corrected chi connectivity index (χ0v) is 11.1. The Balaban J connectivity index is 2.04. The van der Waals surface area contributed by atoms with Gasteiger partial charge in [-0.15, -0.1) is 0 Å². The SMILES string of the molecule is CCNC(C)c1nc(Cc2ccc(C)cc2)no1. The molecule has 1 aromatic carbocycles. The van der Waals surface area contributed by atoms with Crippen molar-refractivity contribution < 1.29 is 4.52 Å². The van der Waals surface area contributed by atoms with Crippen LogP contribution in [0.1, 0.15) is 42.7 Å². The zero-order chi connectivity index (χ0) is 13.0. The molecule has 18 heavy (non-hydrogen) atoms. The van der Waals surface area contributed by atoms with Gasteiger partial charge in [-0.2, -0.15) is 4.98 Å². The number of rotatable bonds is 5. The van der Waals surface area contributed by atoms with E-state index in [1.807, 2.05) is 6.92 Å². The van der Waals surface area contributed by atoms with Gasteiger partial charge < -0.3 is 9.84 Å². The predicted octanol–water partition coefficient (Wildman–Crippen LogP) is 2.64. The molecule has 0 aliphatic rings. The van der Waals surface area contributed by atoms with Gasteiger partial charge in [0.15, 0.2) is 5.82 Å². The maximum absolute atomic E-state index is 5.25. The molecule has 0 bridgehead atoms. The standard InChI is InChI=1S/C14H19N3O/c1-4-15-11(3)14-16-13(17-18-14)9-12-7-5-10(2)6-8-12/h5-8,11,15H,4,9H2,1-3H3. The van der Waals surface area contributed by atoms with E-state index >= 15 is 0 Å². The van der Waals surface area contributed by atoms with Crippen molar-refractivity contribution in [2.45, 2.75) is 33.2 Å². The second kappa shape index (κ2) is 5.78. The summed E-state index contributed by atoms with van der Waals surface area (Å²) in [4.78, 5) is 4.41. The van der Waals surface area contributed by atoms with Crippen LogP contribution >= 0.6 is 0 Å². The Kier molecular flexibility index (Phi) is 4.10. The fourth-order valence-corrected chi connectivity index (χ4v) is 1.80. The lowest BCUT2D eigenvalue weighted by Gasteiger charge is -2.05. The molecule has 1 unspecified atom stereocenters. The molecule has 1 heterocycles. The molecule has 4 heteroatoms. The Morgan fingerprint density at radius 1 is 1.28 bits per heavy atom. The lowest BCUT2D eigenvalue weighted by Crippen LogP contribution is -2.17. The monoisotopic (exact) mass is 245 g/mol. The number of aryl methyl sites for hydroxylation is 1. The van der Waals surface area contributed by atoms with Crippen LogP contribution in [0.5, 0.6) is 0 Å². The summed E-state index contributed by atoms with van der Waals surface area (Å²) in [5, 5.41) is 7.26. The van der Waals surface area contributed by atoms with Crippen LogP contribution in [-0.4, -0.2) is 16.7 Å². The lowest BCUT2D eigenvalue weighted by molar-refractivity contribution is 0.339. The van der Waals surface area contributed by atoms with Crippen molar-refractivity contribution >= 4 is 0 Å². The van der Waals surface area contributed by atoms with Crippen molar-refractivity contribution in [3.63, 3.8) is 0 Å². The van der Waals surface area contributed by atoms with Crippen LogP contribution in [0.2, 0.25) is 0 Å². The molecule has 0 aliphatic carbocycles. The van der Waals surface area contributed by atoms with Gasteiger partial charge >= 0.3 is 0 Å². The average Bonchev–Trinajstić information content (AvgIpc) is 2.81. The van der Waals surface area contributed by atoms with E-state index in [1.165, 1.54) is 11.1 Å². The minimum atomic E-state index is 0.106. The van der Waals surface area contributed by atoms with Gasteiger partial charge in [0, 0.05) is 6.42 Å².